The van der Waals surface area contributed by atoms with Gasteiger partial charge >= 0.3 is 0 Å². The molecule has 0 aliphatic carbocycles. The number of aromatic nitrogens is 2. The number of nitrogens with two attached hydrogens (primary N) is 1. The summed E-state index contributed by atoms with van der Waals surface area (Å²) in [6.45, 7) is 3.52. The van der Waals surface area contributed by atoms with Gasteiger partial charge in [0.2, 0.25) is 5.95 Å². The summed E-state index contributed by atoms with van der Waals surface area (Å²) in [5.41, 5.74) is 6.31. The van der Waals surface area contributed by atoms with Crippen LogP contribution in [0.3, 0.4) is 0 Å². The van der Waals surface area contributed by atoms with Crippen LogP contribution >= 0.6 is 11.8 Å². The van der Waals surface area contributed by atoms with Crippen LogP contribution in [0.4, 0.5) is 5.95 Å². The van der Waals surface area contributed by atoms with Crippen LogP contribution < -0.4 is 11.3 Å². The zero-order valence-electron chi connectivity index (χ0n) is 9.64. The van der Waals surface area contributed by atoms with Crippen LogP contribution in [0.5, 0.6) is 0 Å². The van der Waals surface area contributed by atoms with Gasteiger partial charge in [0, 0.05) is 36.4 Å². The second-order valence-electron chi connectivity index (χ2n) is 3.78. The molecule has 2 rings (SSSR count). The van der Waals surface area contributed by atoms with E-state index in [-0.39, 0.29) is 11.5 Å². The highest BCUT2D eigenvalue weighted by atomic mass is 32.2. The van der Waals surface area contributed by atoms with Gasteiger partial charge in [-0.15, -0.1) is 0 Å². The largest absolute Gasteiger partial charge is 0.369 e. The summed E-state index contributed by atoms with van der Waals surface area (Å²) in [6, 6.07) is 1.42. The lowest BCUT2D eigenvalue weighted by Gasteiger charge is -2.26. The van der Waals surface area contributed by atoms with E-state index in [1.807, 2.05) is 16.7 Å². The molecule has 92 valence electrons. The molecule has 1 fully saturated rings. The molecule has 0 spiro atoms. The first kappa shape index (κ1) is 12.0. The highest BCUT2D eigenvalue weighted by Crippen LogP contribution is 2.10. The van der Waals surface area contributed by atoms with Crippen LogP contribution in [-0.2, 0) is 0 Å². The first-order valence-corrected chi connectivity index (χ1v) is 6.55. The number of hydrogen-bond acceptors (Lipinski definition) is 4. The molecule has 1 aliphatic heterocycles. The number of nitrogens with zero attached hydrogens (tertiary/aromatic N) is 3. The van der Waals surface area contributed by atoms with Crippen molar-refractivity contribution < 1.29 is 0 Å². The molecule has 7 heteroatoms. The molecule has 0 unspecified atom stereocenters. The van der Waals surface area contributed by atoms with Gasteiger partial charge in [-0.25, -0.2) is 4.98 Å². The van der Waals surface area contributed by atoms with Crippen LogP contribution in [0, 0.1) is 6.92 Å². The minimum Gasteiger partial charge on any atom is -0.369 e. The van der Waals surface area contributed by atoms with E-state index in [4.69, 9.17) is 5.73 Å². The lowest BCUT2D eigenvalue weighted by Crippen LogP contribution is -2.42. The Morgan fingerprint density at radius 2 is 2.29 bits per heavy atom. The van der Waals surface area contributed by atoms with Gasteiger partial charge in [0.25, 0.3) is 5.56 Å². The summed E-state index contributed by atoms with van der Waals surface area (Å²) in [5.74, 6) is 2.78. The Morgan fingerprint density at radius 3 is 2.94 bits per heavy atom. The molecule has 2 heterocycles. The first-order valence-electron chi connectivity index (χ1n) is 5.40. The Morgan fingerprint density at radius 1 is 1.59 bits per heavy atom. The summed E-state index contributed by atoms with van der Waals surface area (Å²) in [7, 11) is 0. The third-order valence-electron chi connectivity index (χ3n) is 2.41. The smallest absolute Gasteiger partial charge is 0.252 e. The third kappa shape index (κ3) is 3.23. The van der Waals surface area contributed by atoms with Crippen LogP contribution in [0.15, 0.2) is 15.9 Å². The summed E-state index contributed by atoms with van der Waals surface area (Å²) in [6.07, 6.45) is 0. The Bertz CT molecular complexity index is 478. The van der Waals surface area contributed by atoms with Crippen molar-refractivity contribution in [1.82, 2.24) is 14.9 Å². The highest BCUT2D eigenvalue weighted by molar-refractivity contribution is 7.99. The second-order valence-corrected chi connectivity index (χ2v) is 5.00. The summed E-state index contributed by atoms with van der Waals surface area (Å²) in [4.78, 5) is 24.1. The van der Waals surface area contributed by atoms with Crippen LogP contribution in [0.1, 0.15) is 5.69 Å². The minimum atomic E-state index is -0.210. The molecule has 0 radical (unpaired) electrons. The molecule has 0 saturated carbocycles. The quantitative estimate of drug-likeness (QED) is 0.546. The Kier molecular flexibility index (Phi) is 3.68. The average molecular weight is 253 g/mol. The van der Waals surface area contributed by atoms with Gasteiger partial charge in [-0.1, -0.05) is 0 Å². The van der Waals surface area contributed by atoms with Crippen molar-refractivity contribution in [3.63, 3.8) is 0 Å². The molecule has 1 aliphatic rings. The fourth-order valence-electron chi connectivity index (χ4n) is 1.59. The molecule has 1 saturated heterocycles. The predicted octanol–water partition coefficient (Wildman–Crippen LogP) is 0.0733. The van der Waals surface area contributed by atoms with Crippen LogP contribution in [-0.4, -0.2) is 45.4 Å². The van der Waals surface area contributed by atoms with Crippen molar-refractivity contribution in [1.29, 1.82) is 0 Å². The number of aromatic amines is 1. The van der Waals surface area contributed by atoms with Crippen molar-refractivity contribution in [3.05, 3.63) is 22.1 Å². The molecule has 6 nitrogen and oxygen atoms in total. The average Bonchev–Trinajstić information content (AvgIpc) is 2.28. The number of aliphatic imine (C=N–C) groups is 1. The molecular weight excluding hydrogens is 238 g/mol. The molecule has 1 aromatic heterocycles. The lowest BCUT2D eigenvalue weighted by atomic mass is 10.4. The topological polar surface area (TPSA) is 87.4 Å². The molecule has 0 amide bonds. The third-order valence-corrected chi connectivity index (χ3v) is 3.36. The maximum atomic E-state index is 11.2. The van der Waals surface area contributed by atoms with E-state index in [2.05, 4.69) is 15.0 Å². The van der Waals surface area contributed by atoms with E-state index >= 15 is 0 Å². The van der Waals surface area contributed by atoms with Gasteiger partial charge in [-0.05, 0) is 6.92 Å². The summed E-state index contributed by atoms with van der Waals surface area (Å²) in [5, 5.41) is 0. The highest BCUT2D eigenvalue weighted by Gasteiger charge is 2.12. The molecular formula is C10H15N5OS. The van der Waals surface area contributed by atoms with Crippen LogP contribution in [0.25, 0.3) is 0 Å². The number of nitrogens with one attached hydrogen (secondary N) is 1. The van der Waals surface area contributed by atoms with Gasteiger partial charge in [0.15, 0.2) is 5.96 Å². The minimum absolute atomic E-state index is 0.210. The SMILES string of the molecule is Cc1cc(=O)[nH]c(/N=C(\N)N2CCSCC2)n1. The van der Waals surface area contributed by atoms with Crippen molar-refractivity contribution in [2.24, 2.45) is 10.7 Å². The van der Waals surface area contributed by atoms with Crippen molar-refractivity contribution >= 4 is 23.7 Å². The Hall–Kier alpha value is -1.50. The van der Waals surface area contributed by atoms with Gasteiger partial charge in [-0.3, -0.25) is 9.78 Å². The first-order chi connectivity index (χ1) is 8.15. The zero-order chi connectivity index (χ0) is 12.3. The maximum Gasteiger partial charge on any atom is 0.252 e. The zero-order valence-corrected chi connectivity index (χ0v) is 10.5. The standard InChI is InChI=1S/C10H15N5OS/c1-7-6-8(16)13-10(12-7)14-9(11)15-2-4-17-5-3-15/h6H,2-5H2,1H3,(H3,11,12,13,14,16). The second kappa shape index (κ2) is 5.22. The van der Waals surface area contributed by atoms with Crippen molar-refractivity contribution in [2.45, 2.75) is 6.92 Å². The maximum absolute atomic E-state index is 11.2. The lowest BCUT2D eigenvalue weighted by molar-refractivity contribution is 0.458. The molecule has 0 atom stereocenters. The van der Waals surface area contributed by atoms with E-state index in [0.717, 1.165) is 24.6 Å². The Balaban J connectivity index is 2.19. The Labute approximate surface area is 103 Å². The van der Waals surface area contributed by atoms with Crippen LogP contribution in [0.2, 0.25) is 0 Å². The monoisotopic (exact) mass is 253 g/mol. The van der Waals surface area contributed by atoms with Gasteiger partial charge in [0.05, 0.1) is 0 Å². The predicted molar refractivity (Wildman–Crippen MR) is 69.8 cm³/mol. The van der Waals surface area contributed by atoms with E-state index in [0.29, 0.717) is 11.7 Å². The number of thioether (sulfide) groups is 1. The molecule has 0 aromatic carbocycles. The molecule has 17 heavy (non-hydrogen) atoms. The number of H-pyrrole nitrogens is 1. The fourth-order valence-corrected chi connectivity index (χ4v) is 2.49. The van der Waals surface area contributed by atoms with Gasteiger partial charge in [0.1, 0.15) is 0 Å². The molecule has 0 bridgehead atoms. The van der Waals surface area contributed by atoms with E-state index in [1.165, 1.54) is 6.07 Å². The number of guanidine groups is 1. The van der Waals surface area contributed by atoms with E-state index < -0.39 is 0 Å². The molecule has 1 aromatic rings. The normalized spacial score (nSPS) is 17.2. The fraction of sp³-hybridized carbons (Fsp3) is 0.500. The number of rotatable bonds is 1. The van der Waals surface area contributed by atoms with Gasteiger partial charge in [-0.2, -0.15) is 16.8 Å². The van der Waals surface area contributed by atoms with Gasteiger partial charge < -0.3 is 10.6 Å². The number of hydrogen-bond donors (Lipinski definition) is 2. The summed E-state index contributed by atoms with van der Waals surface area (Å²) < 4.78 is 0. The number of aryl methyl sites for hydroxylation is 1. The summed E-state index contributed by atoms with van der Waals surface area (Å²) >= 11 is 1.90. The van der Waals surface area contributed by atoms with E-state index in [9.17, 15) is 4.79 Å². The van der Waals surface area contributed by atoms with Crippen molar-refractivity contribution in [2.75, 3.05) is 24.6 Å². The van der Waals surface area contributed by atoms with Crippen molar-refractivity contribution in [3.8, 4) is 0 Å². The van der Waals surface area contributed by atoms with E-state index in [1.54, 1.807) is 6.92 Å². The molecule has 3 N–H and O–H groups in total.